The van der Waals surface area contributed by atoms with Crippen molar-refractivity contribution in [1.82, 2.24) is 5.32 Å². The highest BCUT2D eigenvalue weighted by Crippen LogP contribution is 2.30. The number of hydrogen-bond acceptors (Lipinski definition) is 2. The third kappa shape index (κ3) is 2.60. The van der Waals surface area contributed by atoms with Crippen molar-refractivity contribution in [2.24, 2.45) is 0 Å². The molecule has 0 radical (unpaired) electrons. The Kier molecular flexibility index (Phi) is 4.05. The van der Waals surface area contributed by atoms with Crippen LogP contribution in [0.2, 0.25) is 0 Å². The van der Waals surface area contributed by atoms with Gasteiger partial charge in [-0.2, -0.15) is 0 Å². The van der Waals surface area contributed by atoms with Gasteiger partial charge in [-0.3, -0.25) is 0 Å². The summed E-state index contributed by atoms with van der Waals surface area (Å²) in [5.74, 6) is -0.199. The summed E-state index contributed by atoms with van der Waals surface area (Å²) in [6, 6.07) is 4.96. The molecule has 1 N–H and O–H groups in total. The van der Waals surface area contributed by atoms with Crippen LogP contribution in [0.3, 0.4) is 0 Å². The third-order valence-corrected chi connectivity index (χ3v) is 2.97. The zero-order valence-corrected chi connectivity index (χ0v) is 10.6. The van der Waals surface area contributed by atoms with Crippen LogP contribution in [0.5, 0.6) is 0 Å². The van der Waals surface area contributed by atoms with E-state index in [2.05, 4.69) is 5.32 Å². The summed E-state index contributed by atoms with van der Waals surface area (Å²) < 4.78 is 19.2. The molecule has 1 aromatic rings. The van der Waals surface area contributed by atoms with E-state index in [1.54, 1.807) is 13.2 Å². The maximum Gasteiger partial charge on any atom is 0.128 e. The molecular weight excluding hydrogens is 205 g/mol. The first-order chi connectivity index (χ1) is 7.42. The number of rotatable bonds is 4. The van der Waals surface area contributed by atoms with Crippen LogP contribution < -0.4 is 5.32 Å². The van der Waals surface area contributed by atoms with E-state index in [9.17, 15) is 4.39 Å². The second-order valence-electron chi connectivity index (χ2n) is 4.55. The first kappa shape index (κ1) is 13.1. The molecule has 2 nitrogen and oxygen atoms in total. The summed E-state index contributed by atoms with van der Waals surface area (Å²) >= 11 is 0. The van der Waals surface area contributed by atoms with E-state index >= 15 is 0 Å². The van der Waals surface area contributed by atoms with Crippen LogP contribution in [0.4, 0.5) is 4.39 Å². The fraction of sp³-hybridized carbons (Fsp3) is 0.538. The number of nitrogens with one attached hydrogen (secondary N) is 1. The van der Waals surface area contributed by atoms with E-state index in [4.69, 9.17) is 4.74 Å². The molecule has 0 aliphatic rings. The number of halogens is 1. The number of methoxy groups -OCH3 is 1. The lowest BCUT2D eigenvalue weighted by Crippen LogP contribution is -2.39. The monoisotopic (exact) mass is 225 g/mol. The Bertz CT molecular complexity index is 363. The van der Waals surface area contributed by atoms with E-state index < -0.39 is 5.60 Å². The average molecular weight is 225 g/mol. The van der Waals surface area contributed by atoms with Crippen LogP contribution in [0.1, 0.15) is 31.0 Å². The van der Waals surface area contributed by atoms with Crippen LogP contribution in [-0.2, 0) is 4.74 Å². The van der Waals surface area contributed by atoms with E-state index in [0.29, 0.717) is 5.56 Å². The van der Waals surface area contributed by atoms with Gasteiger partial charge in [0.25, 0.3) is 0 Å². The Morgan fingerprint density at radius 2 is 2.00 bits per heavy atom. The fourth-order valence-corrected chi connectivity index (χ4v) is 1.88. The van der Waals surface area contributed by atoms with Crippen molar-refractivity contribution < 1.29 is 9.13 Å². The number of benzene rings is 1. The van der Waals surface area contributed by atoms with Crippen LogP contribution in [0.25, 0.3) is 0 Å². The lowest BCUT2D eigenvalue weighted by Gasteiger charge is -2.33. The van der Waals surface area contributed by atoms with Crippen molar-refractivity contribution in [2.45, 2.75) is 32.4 Å². The van der Waals surface area contributed by atoms with Gasteiger partial charge in [0.15, 0.2) is 0 Å². The zero-order valence-electron chi connectivity index (χ0n) is 10.6. The van der Waals surface area contributed by atoms with Crippen molar-refractivity contribution in [3.63, 3.8) is 0 Å². The quantitative estimate of drug-likeness (QED) is 0.850. The summed E-state index contributed by atoms with van der Waals surface area (Å²) in [5, 5.41) is 3.11. The second-order valence-corrected chi connectivity index (χ2v) is 4.55. The van der Waals surface area contributed by atoms with Gasteiger partial charge in [-0.25, -0.2) is 4.39 Å². The minimum absolute atomic E-state index is 0.169. The van der Waals surface area contributed by atoms with E-state index in [-0.39, 0.29) is 11.9 Å². The molecule has 0 aromatic heterocycles. The lowest BCUT2D eigenvalue weighted by molar-refractivity contribution is -0.00992. The molecule has 3 heteroatoms. The Morgan fingerprint density at radius 3 is 2.50 bits per heavy atom. The molecule has 16 heavy (non-hydrogen) atoms. The van der Waals surface area contributed by atoms with Crippen LogP contribution >= 0.6 is 0 Å². The highest BCUT2D eigenvalue weighted by atomic mass is 19.1. The SMILES string of the molecule is CNC(c1cc(C)ccc1F)C(C)(C)OC. The summed E-state index contributed by atoms with van der Waals surface area (Å²) in [5.41, 5.74) is 1.24. The van der Waals surface area contributed by atoms with Crippen LogP contribution in [-0.4, -0.2) is 19.8 Å². The molecule has 1 rings (SSSR count). The van der Waals surface area contributed by atoms with Gasteiger partial charge in [0.1, 0.15) is 5.82 Å². The minimum atomic E-state index is -0.455. The molecule has 1 unspecified atom stereocenters. The molecule has 1 aromatic carbocycles. The summed E-state index contributed by atoms with van der Waals surface area (Å²) in [7, 11) is 3.45. The van der Waals surface area contributed by atoms with Gasteiger partial charge in [-0.05, 0) is 33.9 Å². The topological polar surface area (TPSA) is 21.3 Å². The minimum Gasteiger partial charge on any atom is -0.377 e. The Morgan fingerprint density at radius 1 is 1.38 bits per heavy atom. The maximum atomic E-state index is 13.8. The third-order valence-electron chi connectivity index (χ3n) is 2.97. The van der Waals surface area contributed by atoms with E-state index in [0.717, 1.165) is 5.56 Å². The highest BCUT2D eigenvalue weighted by molar-refractivity contribution is 5.28. The predicted octanol–water partition coefficient (Wildman–Crippen LogP) is 2.82. The summed E-state index contributed by atoms with van der Waals surface area (Å²) in [6.45, 7) is 5.83. The Labute approximate surface area is 96.8 Å². The number of ether oxygens (including phenoxy) is 1. The van der Waals surface area contributed by atoms with Crippen molar-refractivity contribution in [2.75, 3.05) is 14.2 Å². The molecule has 0 aliphatic carbocycles. The first-order valence-corrected chi connectivity index (χ1v) is 5.41. The zero-order chi connectivity index (χ0) is 12.3. The Hall–Kier alpha value is -0.930. The molecule has 0 aliphatic heterocycles. The summed E-state index contributed by atoms with van der Waals surface area (Å²) in [6.07, 6.45) is 0. The van der Waals surface area contributed by atoms with Gasteiger partial charge in [0.05, 0.1) is 11.6 Å². The number of likely N-dealkylation sites (N-methyl/N-ethyl adjacent to an activating group) is 1. The molecular formula is C13H20FNO. The van der Waals surface area contributed by atoms with Crippen molar-refractivity contribution >= 4 is 0 Å². The second kappa shape index (κ2) is 4.93. The Balaban J connectivity index is 3.18. The van der Waals surface area contributed by atoms with Crippen molar-refractivity contribution in [3.05, 3.63) is 35.1 Å². The van der Waals surface area contributed by atoms with Gasteiger partial charge < -0.3 is 10.1 Å². The van der Waals surface area contributed by atoms with E-state index in [1.165, 1.54) is 6.07 Å². The van der Waals surface area contributed by atoms with Crippen LogP contribution in [0.15, 0.2) is 18.2 Å². The molecule has 0 amide bonds. The maximum absolute atomic E-state index is 13.8. The smallest absolute Gasteiger partial charge is 0.128 e. The lowest BCUT2D eigenvalue weighted by atomic mass is 9.90. The fourth-order valence-electron chi connectivity index (χ4n) is 1.88. The molecule has 90 valence electrons. The molecule has 0 fully saturated rings. The standard InChI is InChI=1S/C13H20FNO/c1-9-6-7-11(14)10(8-9)12(15-4)13(2,3)16-5/h6-8,12,15H,1-5H3. The molecule has 1 atom stereocenters. The van der Waals surface area contributed by atoms with Gasteiger partial charge in [0, 0.05) is 12.7 Å². The normalized spacial score (nSPS) is 13.9. The van der Waals surface area contributed by atoms with E-state index in [1.807, 2.05) is 33.9 Å². The van der Waals surface area contributed by atoms with Gasteiger partial charge in [-0.1, -0.05) is 17.7 Å². The molecule has 0 saturated heterocycles. The van der Waals surface area contributed by atoms with Gasteiger partial charge >= 0.3 is 0 Å². The highest BCUT2D eigenvalue weighted by Gasteiger charge is 2.31. The van der Waals surface area contributed by atoms with Gasteiger partial charge in [0.2, 0.25) is 0 Å². The largest absolute Gasteiger partial charge is 0.377 e. The van der Waals surface area contributed by atoms with Crippen LogP contribution in [0, 0.1) is 12.7 Å². The number of hydrogen-bond donors (Lipinski definition) is 1. The van der Waals surface area contributed by atoms with Crippen molar-refractivity contribution in [1.29, 1.82) is 0 Å². The molecule has 0 spiro atoms. The number of aryl methyl sites for hydroxylation is 1. The molecule has 0 heterocycles. The van der Waals surface area contributed by atoms with Gasteiger partial charge in [-0.15, -0.1) is 0 Å². The average Bonchev–Trinajstić information content (AvgIpc) is 2.24. The first-order valence-electron chi connectivity index (χ1n) is 5.41. The van der Waals surface area contributed by atoms with Crippen molar-refractivity contribution in [3.8, 4) is 0 Å². The summed E-state index contributed by atoms with van der Waals surface area (Å²) in [4.78, 5) is 0. The predicted molar refractivity (Wildman–Crippen MR) is 64.0 cm³/mol. The molecule has 0 saturated carbocycles. The molecule has 0 bridgehead atoms.